The first-order valence-corrected chi connectivity index (χ1v) is 11.3. The summed E-state index contributed by atoms with van der Waals surface area (Å²) in [5, 5.41) is 6.48. The summed E-state index contributed by atoms with van der Waals surface area (Å²) in [5.41, 5.74) is 3.20. The van der Waals surface area contributed by atoms with Crippen LogP contribution in [0.5, 0.6) is 5.75 Å². The fraction of sp³-hybridized carbons (Fsp3) is 0.346. The van der Waals surface area contributed by atoms with Gasteiger partial charge in [-0.2, -0.15) is 0 Å². The highest BCUT2D eigenvalue weighted by atomic mass is 16.5. The van der Waals surface area contributed by atoms with Crippen LogP contribution in [0.3, 0.4) is 0 Å². The van der Waals surface area contributed by atoms with Gasteiger partial charge in [0.15, 0.2) is 0 Å². The zero-order chi connectivity index (χ0) is 22.4. The van der Waals surface area contributed by atoms with Gasteiger partial charge in [-0.1, -0.05) is 31.5 Å². The van der Waals surface area contributed by atoms with Gasteiger partial charge in [-0.05, 0) is 66.3 Å². The first-order valence-electron chi connectivity index (χ1n) is 11.3. The Labute approximate surface area is 190 Å². The zero-order valence-electron chi connectivity index (χ0n) is 18.7. The van der Waals surface area contributed by atoms with Gasteiger partial charge >= 0.3 is 0 Å². The number of ether oxygens (including phenoxy) is 1. The lowest BCUT2D eigenvalue weighted by Gasteiger charge is -2.19. The third-order valence-corrected chi connectivity index (χ3v) is 5.19. The van der Waals surface area contributed by atoms with E-state index in [0.717, 1.165) is 42.6 Å². The van der Waals surface area contributed by atoms with Crippen molar-refractivity contribution in [3.63, 3.8) is 0 Å². The number of aromatic nitrogens is 2. The molecule has 3 rings (SSSR count). The number of pyridine rings is 2. The Morgan fingerprint density at radius 1 is 0.938 bits per heavy atom. The molecule has 1 aromatic carbocycles. The number of unbranched alkanes of at least 4 members (excludes halogenated alkanes) is 1. The van der Waals surface area contributed by atoms with Gasteiger partial charge in [0.25, 0.3) is 0 Å². The minimum atomic E-state index is -0.435. The smallest absolute Gasteiger partial charge is 0.241 e. The lowest BCUT2D eigenvalue weighted by atomic mass is 10.0. The number of amides is 1. The zero-order valence-corrected chi connectivity index (χ0v) is 18.7. The fourth-order valence-corrected chi connectivity index (χ4v) is 3.34. The molecule has 6 heteroatoms. The standard InChI is InChI=1S/C26H32N4O2/c1-2-3-19-32-24-8-6-23(7-9-24)25(29-17-12-21-10-15-27-16-11-21)26(31)30-18-13-22-5-4-14-28-20-22/h4-11,14-16,20,25,29H,2-3,12-13,17-19H2,1H3,(H,30,31). The molecule has 32 heavy (non-hydrogen) atoms. The predicted octanol–water partition coefficient (Wildman–Crippen LogP) is 3.89. The molecule has 0 bridgehead atoms. The Morgan fingerprint density at radius 2 is 1.72 bits per heavy atom. The van der Waals surface area contributed by atoms with Crippen molar-refractivity contribution >= 4 is 5.91 Å². The SMILES string of the molecule is CCCCOc1ccc(C(NCCc2ccncc2)C(=O)NCCc2cccnc2)cc1. The van der Waals surface area contributed by atoms with E-state index >= 15 is 0 Å². The topological polar surface area (TPSA) is 76.1 Å². The second kappa shape index (κ2) is 13.2. The number of carbonyl (C=O) groups excluding carboxylic acids is 1. The van der Waals surface area contributed by atoms with Crippen LogP contribution in [0.25, 0.3) is 0 Å². The van der Waals surface area contributed by atoms with Crippen molar-refractivity contribution in [2.75, 3.05) is 19.7 Å². The third-order valence-electron chi connectivity index (χ3n) is 5.19. The van der Waals surface area contributed by atoms with E-state index in [9.17, 15) is 4.79 Å². The van der Waals surface area contributed by atoms with Crippen molar-refractivity contribution in [3.8, 4) is 5.75 Å². The van der Waals surface area contributed by atoms with Gasteiger partial charge in [0.05, 0.1) is 6.61 Å². The van der Waals surface area contributed by atoms with E-state index < -0.39 is 6.04 Å². The molecule has 2 heterocycles. The van der Waals surface area contributed by atoms with E-state index in [1.165, 1.54) is 5.56 Å². The molecule has 0 saturated carbocycles. The average Bonchev–Trinajstić information content (AvgIpc) is 2.84. The predicted molar refractivity (Wildman–Crippen MR) is 126 cm³/mol. The minimum absolute atomic E-state index is 0.0386. The molecular weight excluding hydrogens is 400 g/mol. The molecule has 6 nitrogen and oxygen atoms in total. The molecule has 1 unspecified atom stereocenters. The second-order valence-corrected chi connectivity index (χ2v) is 7.67. The van der Waals surface area contributed by atoms with Gasteiger partial charge in [-0.3, -0.25) is 14.8 Å². The molecule has 0 spiro atoms. The highest BCUT2D eigenvalue weighted by Crippen LogP contribution is 2.19. The first-order chi connectivity index (χ1) is 15.8. The Kier molecular flexibility index (Phi) is 9.68. The number of hydrogen-bond donors (Lipinski definition) is 2. The maximum atomic E-state index is 13.0. The van der Waals surface area contributed by atoms with Crippen molar-refractivity contribution in [2.45, 2.75) is 38.6 Å². The molecule has 0 aliphatic carbocycles. The van der Waals surface area contributed by atoms with Crippen LogP contribution in [-0.2, 0) is 17.6 Å². The molecule has 0 aliphatic heterocycles. The van der Waals surface area contributed by atoms with Crippen LogP contribution in [0.1, 0.15) is 42.5 Å². The largest absolute Gasteiger partial charge is 0.494 e. The minimum Gasteiger partial charge on any atom is -0.494 e. The van der Waals surface area contributed by atoms with E-state index in [1.807, 2.05) is 54.7 Å². The van der Waals surface area contributed by atoms with Crippen LogP contribution < -0.4 is 15.4 Å². The Morgan fingerprint density at radius 3 is 2.44 bits per heavy atom. The molecule has 1 atom stereocenters. The number of nitrogens with one attached hydrogen (secondary N) is 2. The van der Waals surface area contributed by atoms with Crippen LogP contribution in [-0.4, -0.2) is 35.6 Å². The van der Waals surface area contributed by atoms with Gasteiger partial charge < -0.3 is 15.4 Å². The van der Waals surface area contributed by atoms with Gasteiger partial charge in [-0.15, -0.1) is 0 Å². The maximum absolute atomic E-state index is 13.0. The highest BCUT2D eigenvalue weighted by molar-refractivity contribution is 5.83. The van der Waals surface area contributed by atoms with Crippen molar-refractivity contribution in [1.29, 1.82) is 0 Å². The van der Waals surface area contributed by atoms with Gasteiger partial charge in [0.2, 0.25) is 5.91 Å². The highest BCUT2D eigenvalue weighted by Gasteiger charge is 2.20. The molecule has 0 saturated heterocycles. The third kappa shape index (κ3) is 7.78. The van der Waals surface area contributed by atoms with Crippen molar-refractivity contribution in [2.24, 2.45) is 0 Å². The van der Waals surface area contributed by atoms with Crippen LogP contribution in [0.4, 0.5) is 0 Å². The molecule has 0 aliphatic rings. The van der Waals surface area contributed by atoms with Crippen LogP contribution in [0.15, 0.2) is 73.3 Å². The van der Waals surface area contributed by atoms with E-state index in [4.69, 9.17) is 4.74 Å². The lowest BCUT2D eigenvalue weighted by Crippen LogP contribution is -2.39. The molecule has 2 aromatic heterocycles. The maximum Gasteiger partial charge on any atom is 0.241 e. The fourth-order valence-electron chi connectivity index (χ4n) is 3.34. The van der Waals surface area contributed by atoms with Gasteiger partial charge in [-0.25, -0.2) is 0 Å². The summed E-state index contributed by atoms with van der Waals surface area (Å²) in [6.45, 7) is 4.09. The number of benzene rings is 1. The van der Waals surface area contributed by atoms with E-state index in [0.29, 0.717) is 19.7 Å². The molecule has 0 radical (unpaired) electrons. The monoisotopic (exact) mass is 432 g/mol. The van der Waals surface area contributed by atoms with Crippen LogP contribution >= 0.6 is 0 Å². The van der Waals surface area contributed by atoms with Gasteiger partial charge in [0, 0.05) is 37.9 Å². The Bertz CT molecular complexity index is 918. The molecule has 168 valence electrons. The summed E-state index contributed by atoms with van der Waals surface area (Å²) in [6, 6.07) is 15.3. The summed E-state index contributed by atoms with van der Waals surface area (Å²) in [6.07, 6.45) is 10.8. The van der Waals surface area contributed by atoms with Crippen LogP contribution in [0.2, 0.25) is 0 Å². The molecular formula is C26H32N4O2. The van der Waals surface area contributed by atoms with Crippen molar-refractivity contribution in [3.05, 3.63) is 90.0 Å². The van der Waals surface area contributed by atoms with Crippen molar-refractivity contribution < 1.29 is 9.53 Å². The normalized spacial score (nSPS) is 11.7. The van der Waals surface area contributed by atoms with E-state index in [1.54, 1.807) is 18.6 Å². The van der Waals surface area contributed by atoms with E-state index in [-0.39, 0.29) is 5.91 Å². The summed E-state index contributed by atoms with van der Waals surface area (Å²) >= 11 is 0. The summed E-state index contributed by atoms with van der Waals surface area (Å²) in [4.78, 5) is 21.2. The first kappa shape index (κ1) is 23.4. The van der Waals surface area contributed by atoms with Gasteiger partial charge in [0.1, 0.15) is 11.8 Å². The number of nitrogens with zero attached hydrogens (tertiary/aromatic N) is 2. The Balaban J connectivity index is 1.60. The lowest BCUT2D eigenvalue weighted by molar-refractivity contribution is -0.123. The molecule has 0 fully saturated rings. The average molecular weight is 433 g/mol. The quantitative estimate of drug-likeness (QED) is 0.401. The Hall–Kier alpha value is -3.25. The number of hydrogen-bond acceptors (Lipinski definition) is 5. The number of carbonyl (C=O) groups is 1. The molecule has 1 amide bonds. The second-order valence-electron chi connectivity index (χ2n) is 7.67. The molecule has 2 N–H and O–H groups in total. The van der Waals surface area contributed by atoms with Crippen LogP contribution in [0, 0.1) is 0 Å². The summed E-state index contributed by atoms with van der Waals surface area (Å²) < 4.78 is 5.76. The summed E-state index contributed by atoms with van der Waals surface area (Å²) in [5.74, 6) is 0.790. The molecule has 3 aromatic rings. The number of rotatable bonds is 13. The summed E-state index contributed by atoms with van der Waals surface area (Å²) in [7, 11) is 0. The van der Waals surface area contributed by atoms with Crippen molar-refractivity contribution in [1.82, 2.24) is 20.6 Å². The van der Waals surface area contributed by atoms with E-state index in [2.05, 4.69) is 27.5 Å².